The molecule has 0 aromatic rings. The van der Waals surface area contributed by atoms with Crippen molar-refractivity contribution >= 4 is 16.2 Å². The van der Waals surface area contributed by atoms with E-state index in [-0.39, 0.29) is 0 Å². The van der Waals surface area contributed by atoms with E-state index in [1.165, 1.54) is 4.90 Å². The molecule has 7 heteroatoms. The highest BCUT2D eigenvalue weighted by molar-refractivity contribution is 7.87. The fourth-order valence-corrected chi connectivity index (χ4v) is 2.85. The lowest BCUT2D eigenvalue weighted by Crippen LogP contribution is -2.44. The molecule has 1 amide bonds. The molecule has 18 heavy (non-hydrogen) atoms. The van der Waals surface area contributed by atoms with Crippen LogP contribution in [0.25, 0.3) is 0 Å². The summed E-state index contributed by atoms with van der Waals surface area (Å²) in [5.74, 6) is 0. The standard InChI is InChI=1S/C11H21NO5S/c1-11(2,3)17-10(13)12-7-5-9(6-8-12)18(14,15)16-4/h9H,5-8H2,1-4H3. The molecule has 6 nitrogen and oxygen atoms in total. The van der Waals surface area contributed by atoms with E-state index < -0.39 is 27.1 Å². The Morgan fingerprint density at radius 2 is 1.72 bits per heavy atom. The molecule has 1 aliphatic heterocycles. The average molecular weight is 279 g/mol. The summed E-state index contributed by atoms with van der Waals surface area (Å²) < 4.78 is 32.7. The number of likely N-dealkylation sites (tertiary alicyclic amines) is 1. The number of nitrogens with zero attached hydrogens (tertiary/aromatic N) is 1. The van der Waals surface area contributed by atoms with Crippen molar-refractivity contribution in [1.82, 2.24) is 4.90 Å². The van der Waals surface area contributed by atoms with Gasteiger partial charge >= 0.3 is 6.09 Å². The van der Waals surface area contributed by atoms with Crippen LogP contribution in [0.1, 0.15) is 33.6 Å². The van der Waals surface area contributed by atoms with E-state index in [9.17, 15) is 13.2 Å². The fraction of sp³-hybridized carbons (Fsp3) is 0.909. The zero-order chi connectivity index (χ0) is 14.0. The Morgan fingerprint density at radius 1 is 1.22 bits per heavy atom. The Hall–Kier alpha value is -0.820. The van der Waals surface area contributed by atoms with Gasteiger partial charge in [0.25, 0.3) is 10.1 Å². The first-order valence-corrected chi connectivity index (χ1v) is 7.40. The zero-order valence-corrected chi connectivity index (χ0v) is 12.1. The summed E-state index contributed by atoms with van der Waals surface area (Å²) in [5.41, 5.74) is -0.535. The molecule has 0 bridgehead atoms. The summed E-state index contributed by atoms with van der Waals surface area (Å²) in [6, 6.07) is 0. The predicted octanol–water partition coefficient (Wildman–Crippen LogP) is 1.36. The maximum absolute atomic E-state index is 11.8. The quantitative estimate of drug-likeness (QED) is 0.714. The zero-order valence-electron chi connectivity index (χ0n) is 11.3. The van der Waals surface area contributed by atoms with Crippen LogP contribution < -0.4 is 0 Å². The van der Waals surface area contributed by atoms with Gasteiger partial charge in [-0.1, -0.05) is 0 Å². The van der Waals surface area contributed by atoms with Crippen LogP contribution in [0.15, 0.2) is 0 Å². The average Bonchev–Trinajstić information content (AvgIpc) is 2.27. The van der Waals surface area contributed by atoms with E-state index in [0.717, 1.165) is 7.11 Å². The molecule has 1 aliphatic rings. The molecule has 1 saturated heterocycles. The topological polar surface area (TPSA) is 72.9 Å². The van der Waals surface area contributed by atoms with Gasteiger partial charge in [0.05, 0.1) is 12.4 Å². The minimum absolute atomic E-state index is 0.377. The first-order valence-electron chi connectivity index (χ1n) is 5.93. The first-order chi connectivity index (χ1) is 8.15. The van der Waals surface area contributed by atoms with Crippen LogP contribution in [0.4, 0.5) is 4.79 Å². The largest absolute Gasteiger partial charge is 0.444 e. The van der Waals surface area contributed by atoms with Crippen molar-refractivity contribution in [2.24, 2.45) is 0 Å². The monoisotopic (exact) mass is 279 g/mol. The van der Waals surface area contributed by atoms with E-state index in [0.29, 0.717) is 25.9 Å². The number of hydrogen-bond donors (Lipinski definition) is 0. The number of piperidine rings is 1. The Kier molecular flexibility index (Phi) is 4.61. The van der Waals surface area contributed by atoms with Crippen LogP contribution in [0, 0.1) is 0 Å². The number of carbonyl (C=O) groups is 1. The molecule has 1 fully saturated rings. The van der Waals surface area contributed by atoms with Crippen LogP contribution in [0.3, 0.4) is 0 Å². The van der Waals surface area contributed by atoms with Crippen LogP contribution in [0.5, 0.6) is 0 Å². The Morgan fingerprint density at radius 3 is 2.11 bits per heavy atom. The second-order valence-electron chi connectivity index (χ2n) is 5.33. The highest BCUT2D eigenvalue weighted by Crippen LogP contribution is 2.20. The molecule has 0 N–H and O–H groups in total. The summed E-state index contributed by atoms with van der Waals surface area (Å²) in [6.45, 7) is 6.15. The molecule has 0 saturated carbocycles. The number of rotatable bonds is 2. The van der Waals surface area contributed by atoms with Gasteiger partial charge in [-0.15, -0.1) is 0 Å². The van der Waals surface area contributed by atoms with Gasteiger partial charge in [-0.25, -0.2) is 4.79 Å². The molecule has 1 rings (SSSR count). The van der Waals surface area contributed by atoms with Gasteiger partial charge in [-0.05, 0) is 33.6 Å². The van der Waals surface area contributed by atoms with Crippen molar-refractivity contribution in [3.63, 3.8) is 0 Å². The summed E-state index contributed by atoms with van der Waals surface area (Å²) in [4.78, 5) is 13.3. The van der Waals surface area contributed by atoms with Crippen molar-refractivity contribution in [3.8, 4) is 0 Å². The molecule has 0 unspecified atom stereocenters. The lowest BCUT2D eigenvalue weighted by molar-refractivity contribution is 0.0216. The lowest BCUT2D eigenvalue weighted by atomic mass is 10.1. The summed E-state index contributed by atoms with van der Waals surface area (Å²) in [7, 11) is -2.32. The molecule has 0 aromatic heterocycles. The number of amides is 1. The molecular weight excluding hydrogens is 258 g/mol. The molecular formula is C11H21NO5S. The molecule has 0 aliphatic carbocycles. The smallest absolute Gasteiger partial charge is 0.410 e. The minimum atomic E-state index is -3.48. The molecule has 0 aromatic carbocycles. The van der Waals surface area contributed by atoms with Gasteiger partial charge in [-0.3, -0.25) is 4.18 Å². The highest BCUT2D eigenvalue weighted by Gasteiger charge is 2.33. The number of carbonyl (C=O) groups excluding carboxylic acids is 1. The third-order valence-corrected chi connectivity index (χ3v) is 4.49. The first kappa shape index (κ1) is 15.2. The van der Waals surface area contributed by atoms with Gasteiger partial charge < -0.3 is 9.64 Å². The molecule has 0 spiro atoms. The van der Waals surface area contributed by atoms with E-state index in [2.05, 4.69) is 4.18 Å². The van der Waals surface area contributed by atoms with Crippen molar-refractivity contribution in [2.45, 2.75) is 44.5 Å². The second kappa shape index (κ2) is 5.44. The SMILES string of the molecule is COS(=O)(=O)C1CCN(C(=O)OC(C)(C)C)CC1. The van der Waals surface area contributed by atoms with Crippen LogP contribution in [0.2, 0.25) is 0 Å². The number of hydrogen-bond acceptors (Lipinski definition) is 5. The van der Waals surface area contributed by atoms with Crippen molar-refractivity contribution in [1.29, 1.82) is 0 Å². The van der Waals surface area contributed by atoms with Gasteiger partial charge in [0.2, 0.25) is 0 Å². The van der Waals surface area contributed by atoms with Gasteiger partial charge in [0.15, 0.2) is 0 Å². The maximum Gasteiger partial charge on any atom is 0.410 e. The second-order valence-corrected chi connectivity index (χ2v) is 7.31. The molecule has 1 heterocycles. The number of ether oxygens (including phenoxy) is 1. The summed E-state index contributed by atoms with van der Waals surface area (Å²) >= 11 is 0. The predicted molar refractivity (Wildman–Crippen MR) is 66.8 cm³/mol. The normalized spacial score (nSPS) is 18.8. The maximum atomic E-state index is 11.8. The molecule has 0 atom stereocenters. The van der Waals surface area contributed by atoms with E-state index in [1.54, 1.807) is 20.8 Å². The Bertz CT molecular complexity index is 390. The van der Waals surface area contributed by atoms with E-state index in [1.807, 2.05) is 0 Å². The van der Waals surface area contributed by atoms with Gasteiger partial charge in [-0.2, -0.15) is 8.42 Å². The van der Waals surface area contributed by atoms with Crippen LogP contribution in [-0.4, -0.2) is 50.5 Å². The van der Waals surface area contributed by atoms with Gasteiger partial charge in [0.1, 0.15) is 5.60 Å². The Balaban J connectivity index is 2.52. The van der Waals surface area contributed by atoms with E-state index >= 15 is 0 Å². The minimum Gasteiger partial charge on any atom is -0.444 e. The summed E-state index contributed by atoms with van der Waals surface area (Å²) in [5, 5.41) is -0.527. The van der Waals surface area contributed by atoms with Crippen molar-refractivity contribution < 1.29 is 22.1 Å². The van der Waals surface area contributed by atoms with Crippen molar-refractivity contribution in [3.05, 3.63) is 0 Å². The van der Waals surface area contributed by atoms with Crippen molar-refractivity contribution in [2.75, 3.05) is 20.2 Å². The Labute approximate surface area is 108 Å². The third kappa shape index (κ3) is 4.13. The molecule has 0 radical (unpaired) electrons. The molecule has 106 valence electrons. The summed E-state index contributed by atoms with van der Waals surface area (Å²) in [6.07, 6.45) is 0.376. The van der Waals surface area contributed by atoms with Gasteiger partial charge in [0, 0.05) is 13.1 Å². The fourth-order valence-electron chi connectivity index (χ4n) is 1.79. The third-order valence-electron chi connectivity index (χ3n) is 2.73. The van der Waals surface area contributed by atoms with E-state index in [4.69, 9.17) is 4.74 Å². The highest BCUT2D eigenvalue weighted by atomic mass is 32.2. The van der Waals surface area contributed by atoms with Crippen LogP contribution in [-0.2, 0) is 19.0 Å². The lowest BCUT2D eigenvalue weighted by Gasteiger charge is -2.32. The van der Waals surface area contributed by atoms with Crippen LogP contribution >= 0.6 is 0 Å².